The molecule has 0 fully saturated rings. The first-order valence-electron chi connectivity index (χ1n) is 9.73. The lowest BCUT2D eigenvalue weighted by atomic mass is 9.80. The summed E-state index contributed by atoms with van der Waals surface area (Å²) in [6.07, 6.45) is 5.06. The van der Waals surface area contributed by atoms with Crippen molar-refractivity contribution in [2.24, 2.45) is 5.92 Å². The molecule has 2 N–H and O–H groups in total. The van der Waals surface area contributed by atoms with Crippen LogP contribution < -0.4 is 5.56 Å². The van der Waals surface area contributed by atoms with Crippen LogP contribution in [0.1, 0.15) is 54.1 Å². The van der Waals surface area contributed by atoms with Gasteiger partial charge in [-0.05, 0) is 47.9 Å². The monoisotopic (exact) mass is 358 g/mol. The second-order valence-corrected chi connectivity index (χ2v) is 7.97. The molecule has 3 heteroatoms. The van der Waals surface area contributed by atoms with Gasteiger partial charge in [-0.25, -0.2) is 0 Å². The molecule has 3 nitrogen and oxygen atoms in total. The maximum atomic E-state index is 12.3. The molecule has 0 radical (unpaired) electrons. The van der Waals surface area contributed by atoms with Crippen LogP contribution in [0.15, 0.2) is 65.0 Å². The van der Waals surface area contributed by atoms with Crippen molar-refractivity contribution >= 4 is 6.08 Å². The molecule has 4 rings (SSSR count). The molecule has 1 unspecified atom stereocenters. The van der Waals surface area contributed by atoms with E-state index in [4.69, 9.17) is 0 Å². The SMILES string of the molecule is CC(C)Cc1ccc(CC2=Cc3[nH][nH]c(=O)c3C(c3ccccc3)C2)cc1. The van der Waals surface area contributed by atoms with E-state index in [0.29, 0.717) is 5.92 Å². The number of hydrogen-bond donors (Lipinski definition) is 2. The molecule has 3 aromatic rings. The van der Waals surface area contributed by atoms with Gasteiger partial charge in [0.15, 0.2) is 0 Å². The predicted octanol–water partition coefficient (Wildman–Crippen LogP) is 5.06. The molecule has 1 heterocycles. The number of hydrogen-bond acceptors (Lipinski definition) is 1. The van der Waals surface area contributed by atoms with Crippen LogP contribution in [-0.2, 0) is 12.8 Å². The highest BCUT2D eigenvalue weighted by Crippen LogP contribution is 2.36. The molecule has 138 valence electrons. The zero-order valence-electron chi connectivity index (χ0n) is 16.0. The van der Waals surface area contributed by atoms with Gasteiger partial charge in [0.2, 0.25) is 0 Å². The molecular formula is C24H26N2O. The Morgan fingerprint density at radius 1 is 0.963 bits per heavy atom. The molecular weight excluding hydrogens is 332 g/mol. The van der Waals surface area contributed by atoms with Crippen LogP contribution in [0.4, 0.5) is 0 Å². The fourth-order valence-electron chi connectivity index (χ4n) is 4.09. The van der Waals surface area contributed by atoms with Gasteiger partial charge in [0, 0.05) is 5.92 Å². The summed E-state index contributed by atoms with van der Waals surface area (Å²) in [6.45, 7) is 4.50. The highest BCUT2D eigenvalue weighted by molar-refractivity contribution is 5.60. The van der Waals surface area contributed by atoms with E-state index in [-0.39, 0.29) is 11.5 Å². The third kappa shape index (κ3) is 3.82. The number of H-pyrrole nitrogens is 2. The lowest BCUT2D eigenvalue weighted by molar-refractivity contribution is 0.647. The van der Waals surface area contributed by atoms with Crippen molar-refractivity contribution in [1.82, 2.24) is 10.2 Å². The van der Waals surface area contributed by atoms with Crippen LogP contribution in [0.5, 0.6) is 0 Å². The van der Waals surface area contributed by atoms with Gasteiger partial charge in [0.05, 0.1) is 11.3 Å². The fourth-order valence-corrected chi connectivity index (χ4v) is 4.09. The van der Waals surface area contributed by atoms with Crippen LogP contribution in [-0.4, -0.2) is 10.2 Å². The van der Waals surface area contributed by atoms with Crippen LogP contribution in [0.2, 0.25) is 0 Å². The average Bonchev–Trinajstić information content (AvgIpc) is 3.04. The van der Waals surface area contributed by atoms with E-state index in [1.54, 1.807) is 0 Å². The molecule has 0 bridgehead atoms. The molecule has 0 aliphatic heterocycles. The lowest BCUT2D eigenvalue weighted by Gasteiger charge is -2.23. The molecule has 0 saturated heterocycles. The number of allylic oxidation sites excluding steroid dienone is 1. The molecule has 0 amide bonds. The zero-order chi connectivity index (χ0) is 18.8. The summed E-state index contributed by atoms with van der Waals surface area (Å²) in [4.78, 5) is 12.3. The van der Waals surface area contributed by atoms with E-state index in [0.717, 1.165) is 30.5 Å². The van der Waals surface area contributed by atoms with Crippen molar-refractivity contribution < 1.29 is 0 Å². The van der Waals surface area contributed by atoms with E-state index in [2.05, 4.69) is 66.5 Å². The van der Waals surface area contributed by atoms with Gasteiger partial charge < -0.3 is 0 Å². The summed E-state index contributed by atoms with van der Waals surface area (Å²) in [6, 6.07) is 19.3. The number of aromatic amines is 2. The smallest absolute Gasteiger partial charge is 0.268 e. The zero-order valence-corrected chi connectivity index (χ0v) is 16.0. The molecule has 27 heavy (non-hydrogen) atoms. The largest absolute Gasteiger partial charge is 0.298 e. The third-order valence-corrected chi connectivity index (χ3v) is 5.31. The maximum Gasteiger partial charge on any atom is 0.268 e. The van der Waals surface area contributed by atoms with Crippen molar-refractivity contribution in [2.45, 2.75) is 39.0 Å². The van der Waals surface area contributed by atoms with Gasteiger partial charge in [-0.2, -0.15) is 0 Å². The van der Waals surface area contributed by atoms with Gasteiger partial charge in [-0.1, -0.05) is 74.0 Å². The van der Waals surface area contributed by atoms with Gasteiger partial charge in [0.1, 0.15) is 0 Å². The quantitative estimate of drug-likeness (QED) is 0.658. The lowest BCUT2D eigenvalue weighted by Crippen LogP contribution is -2.17. The Morgan fingerprint density at radius 3 is 2.37 bits per heavy atom. The van der Waals surface area contributed by atoms with Crippen LogP contribution in [0, 0.1) is 5.92 Å². The molecule has 2 aromatic carbocycles. The molecule has 1 aromatic heterocycles. The summed E-state index contributed by atoms with van der Waals surface area (Å²) < 4.78 is 0. The maximum absolute atomic E-state index is 12.3. The second kappa shape index (κ2) is 7.43. The minimum absolute atomic E-state index is 0.00723. The van der Waals surface area contributed by atoms with E-state index in [1.807, 2.05) is 18.2 Å². The minimum atomic E-state index is -0.00723. The normalized spacial score (nSPS) is 16.3. The first-order chi connectivity index (χ1) is 13.1. The fraction of sp³-hybridized carbons (Fsp3) is 0.292. The average molecular weight is 358 g/mol. The summed E-state index contributed by atoms with van der Waals surface area (Å²) in [5.41, 5.74) is 7.04. The van der Waals surface area contributed by atoms with E-state index >= 15 is 0 Å². The number of benzene rings is 2. The summed E-state index contributed by atoms with van der Waals surface area (Å²) in [5.74, 6) is 0.781. The molecule has 0 saturated carbocycles. The minimum Gasteiger partial charge on any atom is -0.298 e. The van der Waals surface area contributed by atoms with Gasteiger partial charge in [-0.3, -0.25) is 15.0 Å². The van der Waals surface area contributed by atoms with Crippen molar-refractivity contribution in [3.8, 4) is 0 Å². The second-order valence-electron chi connectivity index (χ2n) is 7.97. The standard InChI is InChI=1S/C24H26N2O/c1-16(2)12-17-8-10-18(11-9-17)13-19-14-21(20-6-4-3-5-7-20)23-22(15-19)25-26-24(23)27/h3-11,15-16,21H,12-14H2,1-2H3,(H2,25,26,27). The summed E-state index contributed by atoms with van der Waals surface area (Å²) in [7, 11) is 0. The Morgan fingerprint density at radius 2 is 1.67 bits per heavy atom. The van der Waals surface area contributed by atoms with Gasteiger partial charge in [-0.15, -0.1) is 0 Å². The highest BCUT2D eigenvalue weighted by Gasteiger charge is 2.27. The Kier molecular flexibility index (Phi) is 4.85. The Hall–Kier alpha value is -2.81. The van der Waals surface area contributed by atoms with E-state index in [1.165, 1.54) is 22.3 Å². The highest BCUT2D eigenvalue weighted by atomic mass is 16.1. The van der Waals surface area contributed by atoms with E-state index in [9.17, 15) is 4.79 Å². The first-order valence-corrected chi connectivity index (χ1v) is 9.73. The van der Waals surface area contributed by atoms with Gasteiger partial charge in [0.25, 0.3) is 5.56 Å². The number of nitrogens with one attached hydrogen (secondary N) is 2. The number of rotatable bonds is 5. The van der Waals surface area contributed by atoms with E-state index < -0.39 is 0 Å². The Bertz CT molecular complexity index is 991. The molecule has 1 aliphatic rings. The molecule has 0 spiro atoms. The predicted molar refractivity (Wildman–Crippen MR) is 111 cm³/mol. The summed E-state index contributed by atoms with van der Waals surface area (Å²) >= 11 is 0. The third-order valence-electron chi connectivity index (χ3n) is 5.31. The van der Waals surface area contributed by atoms with Crippen molar-refractivity contribution in [3.05, 3.63) is 98.5 Å². The van der Waals surface area contributed by atoms with Crippen LogP contribution in [0.3, 0.4) is 0 Å². The van der Waals surface area contributed by atoms with Crippen LogP contribution >= 0.6 is 0 Å². The Balaban J connectivity index is 1.60. The van der Waals surface area contributed by atoms with Crippen molar-refractivity contribution in [3.63, 3.8) is 0 Å². The van der Waals surface area contributed by atoms with Gasteiger partial charge >= 0.3 is 0 Å². The Labute approximate surface area is 160 Å². The van der Waals surface area contributed by atoms with Crippen molar-refractivity contribution in [2.75, 3.05) is 0 Å². The van der Waals surface area contributed by atoms with Crippen LogP contribution in [0.25, 0.3) is 6.08 Å². The topological polar surface area (TPSA) is 48.6 Å². The summed E-state index contributed by atoms with van der Waals surface area (Å²) in [5, 5.41) is 5.82. The number of fused-ring (bicyclic) bond motifs is 1. The first kappa shape index (κ1) is 17.6. The van der Waals surface area contributed by atoms with Crippen molar-refractivity contribution in [1.29, 1.82) is 0 Å². The molecule has 1 atom stereocenters. The molecule has 1 aliphatic carbocycles. The number of aromatic nitrogens is 2.